The monoisotopic (exact) mass is 235 g/mol. The molecule has 0 aliphatic heterocycles. The van der Waals surface area contributed by atoms with Gasteiger partial charge in [-0.3, -0.25) is 9.78 Å². The zero-order chi connectivity index (χ0) is 12.3. The maximum absolute atomic E-state index is 11.0. The van der Waals surface area contributed by atoms with Crippen molar-refractivity contribution in [3.63, 3.8) is 0 Å². The second kappa shape index (κ2) is 5.14. The number of amides is 1. The van der Waals surface area contributed by atoms with Crippen LogP contribution < -0.4 is 16.2 Å². The lowest BCUT2D eigenvalue weighted by Gasteiger charge is -2.29. The Morgan fingerprint density at radius 1 is 1.41 bits per heavy atom. The van der Waals surface area contributed by atoms with E-state index in [0.717, 1.165) is 25.7 Å². The Labute approximate surface area is 100 Å². The molecule has 2 atom stereocenters. The number of hydrogen-bond acceptors (Lipinski definition) is 4. The quantitative estimate of drug-likeness (QED) is 0.811. The standard InChI is InChI=1S/C12H17N3O2/c13-9-3-1-2-4-11(9)17-8-5-6-15-10(7-8)12(14)16/h5-7,9,11H,1-4,13H2,(H2,14,16). The van der Waals surface area contributed by atoms with E-state index >= 15 is 0 Å². The van der Waals surface area contributed by atoms with E-state index in [2.05, 4.69) is 4.98 Å². The second-order valence-electron chi connectivity index (χ2n) is 4.35. The number of primary amides is 1. The van der Waals surface area contributed by atoms with Gasteiger partial charge < -0.3 is 16.2 Å². The molecule has 0 spiro atoms. The summed E-state index contributed by atoms with van der Waals surface area (Å²) in [5.74, 6) is 0.0551. The molecule has 17 heavy (non-hydrogen) atoms. The van der Waals surface area contributed by atoms with Crippen molar-refractivity contribution >= 4 is 5.91 Å². The average Bonchev–Trinajstić information content (AvgIpc) is 2.32. The summed E-state index contributed by atoms with van der Waals surface area (Å²) >= 11 is 0. The number of aromatic nitrogens is 1. The van der Waals surface area contributed by atoms with Crippen molar-refractivity contribution < 1.29 is 9.53 Å². The van der Waals surface area contributed by atoms with Gasteiger partial charge in [-0.25, -0.2) is 0 Å². The molecule has 5 nitrogen and oxygen atoms in total. The van der Waals surface area contributed by atoms with E-state index < -0.39 is 5.91 Å². The van der Waals surface area contributed by atoms with Gasteiger partial charge in [0.2, 0.25) is 0 Å². The molecule has 2 unspecified atom stereocenters. The van der Waals surface area contributed by atoms with Crippen molar-refractivity contribution in [2.45, 2.75) is 37.8 Å². The molecule has 1 aromatic rings. The minimum atomic E-state index is -0.552. The van der Waals surface area contributed by atoms with Crippen LogP contribution in [-0.2, 0) is 0 Å². The van der Waals surface area contributed by atoms with Crippen LogP contribution in [0.25, 0.3) is 0 Å². The molecule has 1 aromatic heterocycles. The van der Waals surface area contributed by atoms with Crippen LogP contribution in [0.1, 0.15) is 36.2 Å². The Bertz CT molecular complexity index is 408. The molecule has 0 aromatic carbocycles. The summed E-state index contributed by atoms with van der Waals surface area (Å²) < 4.78 is 5.79. The van der Waals surface area contributed by atoms with E-state index in [0.29, 0.717) is 5.75 Å². The zero-order valence-corrected chi connectivity index (χ0v) is 9.63. The third kappa shape index (κ3) is 2.94. The Kier molecular flexibility index (Phi) is 3.58. The number of rotatable bonds is 3. The molecule has 0 radical (unpaired) electrons. The number of carbonyl (C=O) groups is 1. The van der Waals surface area contributed by atoms with E-state index in [-0.39, 0.29) is 17.8 Å². The first-order valence-corrected chi connectivity index (χ1v) is 5.85. The molecule has 0 bridgehead atoms. The zero-order valence-electron chi connectivity index (χ0n) is 9.63. The SMILES string of the molecule is NC(=O)c1cc(OC2CCCCC2N)ccn1. The first kappa shape index (κ1) is 11.9. The van der Waals surface area contributed by atoms with Gasteiger partial charge in [0, 0.05) is 18.3 Å². The average molecular weight is 235 g/mol. The molecule has 2 rings (SSSR count). The van der Waals surface area contributed by atoms with Gasteiger partial charge in [0.15, 0.2) is 0 Å². The number of ether oxygens (including phenoxy) is 1. The Morgan fingerprint density at radius 2 is 2.18 bits per heavy atom. The molecule has 1 heterocycles. The normalized spacial score (nSPS) is 24.3. The fraction of sp³-hybridized carbons (Fsp3) is 0.500. The largest absolute Gasteiger partial charge is 0.489 e. The fourth-order valence-corrected chi connectivity index (χ4v) is 2.07. The first-order valence-electron chi connectivity index (χ1n) is 5.85. The smallest absolute Gasteiger partial charge is 0.267 e. The molecule has 1 saturated carbocycles. The summed E-state index contributed by atoms with van der Waals surface area (Å²) in [6.07, 6.45) is 5.76. The van der Waals surface area contributed by atoms with Crippen LogP contribution >= 0.6 is 0 Å². The fourth-order valence-electron chi connectivity index (χ4n) is 2.07. The molecule has 1 aliphatic rings. The Balaban J connectivity index is 2.07. The van der Waals surface area contributed by atoms with Crippen LogP contribution in [0.4, 0.5) is 0 Å². The van der Waals surface area contributed by atoms with Crippen molar-refractivity contribution in [3.8, 4) is 5.75 Å². The number of hydrogen-bond donors (Lipinski definition) is 2. The van der Waals surface area contributed by atoms with E-state index in [1.54, 1.807) is 12.1 Å². The van der Waals surface area contributed by atoms with E-state index in [4.69, 9.17) is 16.2 Å². The minimum Gasteiger partial charge on any atom is -0.489 e. The van der Waals surface area contributed by atoms with E-state index in [9.17, 15) is 4.79 Å². The maximum atomic E-state index is 11.0. The number of nitrogens with zero attached hydrogens (tertiary/aromatic N) is 1. The number of carbonyl (C=O) groups excluding carboxylic acids is 1. The van der Waals surface area contributed by atoms with Crippen LogP contribution in [0.5, 0.6) is 5.75 Å². The van der Waals surface area contributed by atoms with Crippen molar-refractivity contribution in [3.05, 3.63) is 24.0 Å². The molecule has 1 amide bonds. The Morgan fingerprint density at radius 3 is 2.88 bits per heavy atom. The molecular weight excluding hydrogens is 218 g/mol. The lowest BCUT2D eigenvalue weighted by molar-refractivity contribution is 0.0993. The lowest BCUT2D eigenvalue weighted by Crippen LogP contribution is -2.41. The van der Waals surface area contributed by atoms with Crippen LogP contribution in [0.3, 0.4) is 0 Å². The highest BCUT2D eigenvalue weighted by Crippen LogP contribution is 2.22. The summed E-state index contributed by atoms with van der Waals surface area (Å²) in [7, 11) is 0. The highest BCUT2D eigenvalue weighted by molar-refractivity contribution is 5.91. The van der Waals surface area contributed by atoms with Crippen LogP contribution in [0, 0.1) is 0 Å². The minimum absolute atomic E-state index is 0.0203. The third-order valence-electron chi connectivity index (χ3n) is 3.02. The van der Waals surface area contributed by atoms with Crippen LogP contribution in [-0.4, -0.2) is 23.0 Å². The molecule has 5 heteroatoms. The predicted octanol–water partition coefficient (Wildman–Crippen LogP) is 0.829. The van der Waals surface area contributed by atoms with Crippen molar-refractivity contribution in [2.75, 3.05) is 0 Å². The second-order valence-corrected chi connectivity index (χ2v) is 4.35. The number of nitrogens with two attached hydrogens (primary N) is 2. The van der Waals surface area contributed by atoms with E-state index in [1.165, 1.54) is 6.20 Å². The van der Waals surface area contributed by atoms with Gasteiger partial charge in [0.25, 0.3) is 5.91 Å². The van der Waals surface area contributed by atoms with Crippen LogP contribution in [0.2, 0.25) is 0 Å². The predicted molar refractivity (Wildman–Crippen MR) is 63.6 cm³/mol. The first-order chi connectivity index (χ1) is 8.16. The van der Waals surface area contributed by atoms with Gasteiger partial charge in [0.05, 0.1) is 0 Å². The highest BCUT2D eigenvalue weighted by atomic mass is 16.5. The van der Waals surface area contributed by atoms with Crippen LogP contribution in [0.15, 0.2) is 18.3 Å². The van der Waals surface area contributed by atoms with Gasteiger partial charge in [0.1, 0.15) is 17.5 Å². The number of pyridine rings is 1. The van der Waals surface area contributed by atoms with Crippen molar-refractivity contribution in [2.24, 2.45) is 11.5 Å². The third-order valence-corrected chi connectivity index (χ3v) is 3.02. The molecule has 92 valence electrons. The van der Waals surface area contributed by atoms with Gasteiger partial charge >= 0.3 is 0 Å². The molecule has 0 saturated heterocycles. The maximum Gasteiger partial charge on any atom is 0.267 e. The summed E-state index contributed by atoms with van der Waals surface area (Å²) in [6.45, 7) is 0. The molecule has 1 fully saturated rings. The molecule has 1 aliphatic carbocycles. The summed E-state index contributed by atoms with van der Waals surface area (Å²) in [4.78, 5) is 14.9. The summed E-state index contributed by atoms with van der Waals surface area (Å²) in [6, 6.07) is 3.34. The molecular formula is C12H17N3O2. The Hall–Kier alpha value is -1.62. The summed E-state index contributed by atoms with van der Waals surface area (Å²) in [5, 5.41) is 0. The van der Waals surface area contributed by atoms with Gasteiger partial charge in [-0.05, 0) is 25.3 Å². The summed E-state index contributed by atoms with van der Waals surface area (Å²) in [5.41, 5.74) is 11.4. The van der Waals surface area contributed by atoms with Gasteiger partial charge in [-0.1, -0.05) is 6.42 Å². The van der Waals surface area contributed by atoms with Gasteiger partial charge in [-0.15, -0.1) is 0 Å². The lowest BCUT2D eigenvalue weighted by atomic mass is 9.93. The highest BCUT2D eigenvalue weighted by Gasteiger charge is 2.23. The van der Waals surface area contributed by atoms with Crippen molar-refractivity contribution in [1.82, 2.24) is 4.98 Å². The van der Waals surface area contributed by atoms with Crippen molar-refractivity contribution in [1.29, 1.82) is 0 Å². The van der Waals surface area contributed by atoms with Gasteiger partial charge in [-0.2, -0.15) is 0 Å². The molecule has 4 N–H and O–H groups in total. The topological polar surface area (TPSA) is 91.2 Å². The van der Waals surface area contributed by atoms with E-state index in [1.807, 2.05) is 0 Å².